The highest BCUT2D eigenvalue weighted by atomic mass is 79.9. The molecule has 0 saturated carbocycles. The van der Waals surface area contributed by atoms with Crippen LogP contribution >= 0.6 is 0 Å². The lowest BCUT2D eigenvalue weighted by atomic mass is 9.99. The summed E-state index contributed by atoms with van der Waals surface area (Å²) in [4.78, 5) is 34.7. The molecule has 1 fully saturated rings. The largest absolute Gasteiger partial charge is 1.00 e. The molecule has 29 heavy (non-hydrogen) atoms. The number of nitrogens with zero attached hydrogens (tertiary/aromatic N) is 1. The van der Waals surface area contributed by atoms with Crippen LogP contribution in [-0.4, -0.2) is 86.9 Å². The molecule has 0 amide bonds. The van der Waals surface area contributed by atoms with Gasteiger partial charge in [0.05, 0.1) is 26.8 Å². The van der Waals surface area contributed by atoms with Crippen LogP contribution in [0.4, 0.5) is 0 Å². The minimum Gasteiger partial charge on any atom is -1.00 e. The third-order valence-corrected chi connectivity index (χ3v) is 4.13. The molecule has 1 heterocycles. The monoisotopic (exact) mass is 479 g/mol. The second-order valence-electron chi connectivity index (χ2n) is 7.32. The highest BCUT2D eigenvalue weighted by Crippen LogP contribution is 2.29. The molecule has 1 saturated heterocycles. The first kappa shape index (κ1) is 27.3. The minimum absolute atomic E-state index is 0. The first-order chi connectivity index (χ1) is 13.0. The highest BCUT2D eigenvalue weighted by molar-refractivity contribution is 5.68. The summed E-state index contributed by atoms with van der Waals surface area (Å²) >= 11 is 0. The van der Waals surface area contributed by atoms with Crippen molar-refractivity contribution in [2.45, 2.75) is 58.4 Å². The summed E-state index contributed by atoms with van der Waals surface area (Å²) in [6.07, 6.45) is 0.611. The SMILES string of the molecule is C#CC[N+](C)(C)CCOC1O[C@@H](C)[C@H](OC(C)=O)[C@@H](OC(C)=O)[C@H]1OC(C)=O.[Br-]. The maximum atomic E-state index is 11.6. The van der Waals surface area contributed by atoms with Crippen LogP contribution in [0.15, 0.2) is 0 Å². The maximum absolute atomic E-state index is 11.6. The van der Waals surface area contributed by atoms with E-state index in [4.69, 9.17) is 30.1 Å². The van der Waals surface area contributed by atoms with Crippen LogP contribution in [0.3, 0.4) is 0 Å². The molecular weight excluding hydrogens is 450 g/mol. The second-order valence-corrected chi connectivity index (χ2v) is 7.32. The van der Waals surface area contributed by atoms with Crippen molar-refractivity contribution >= 4 is 17.9 Å². The van der Waals surface area contributed by atoms with Crippen molar-refractivity contribution in [3.05, 3.63) is 0 Å². The molecule has 10 heteroatoms. The Hall–Kier alpha value is -1.67. The molecule has 0 spiro atoms. The summed E-state index contributed by atoms with van der Waals surface area (Å²) in [6, 6.07) is 0. The van der Waals surface area contributed by atoms with Crippen molar-refractivity contribution in [1.82, 2.24) is 0 Å². The summed E-state index contributed by atoms with van der Waals surface area (Å²) in [5, 5.41) is 0. The molecule has 166 valence electrons. The Kier molecular flexibility index (Phi) is 11.4. The molecule has 0 aliphatic carbocycles. The van der Waals surface area contributed by atoms with Gasteiger partial charge in [-0.3, -0.25) is 14.4 Å². The van der Waals surface area contributed by atoms with Crippen LogP contribution in [0.5, 0.6) is 0 Å². The Morgan fingerprint density at radius 1 is 0.966 bits per heavy atom. The van der Waals surface area contributed by atoms with Gasteiger partial charge < -0.3 is 45.1 Å². The zero-order chi connectivity index (χ0) is 21.5. The molecular formula is C19H30BrNO8. The highest BCUT2D eigenvalue weighted by Gasteiger charge is 2.51. The van der Waals surface area contributed by atoms with Gasteiger partial charge in [0.2, 0.25) is 0 Å². The van der Waals surface area contributed by atoms with Gasteiger partial charge in [-0.25, -0.2) is 0 Å². The molecule has 9 nitrogen and oxygen atoms in total. The molecule has 1 rings (SSSR count). The molecule has 0 aromatic carbocycles. The van der Waals surface area contributed by atoms with Crippen molar-refractivity contribution < 1.29 is 59.5 Å². The van der Waals surface area contributed by atoms with Crippen LogP contribution in [0.25, 0.3) is 0 Å². The number of halogens is 1. The van der Waals surface area contributed by atoms with E-state index in [1.165, 1.54) is 20.8 Å². The fourth-order valence-corrected chi connectivity index (χ4v) is 2.85. The van der Waals surface area contributed by atoms with Gasteiger partial charge in [0.25, 0.3) is 0 Å². The standard InChI is InChI=1S/C19H30NO8.BrH/c1-8-9-20(6,7)10-11-24-19-18(28-15(5)23)17(27-14(4)22)16(12(2)25-19)26-13(3)21;/h1,12,16-19H,9-11H2,2-7H3;1H/q+1;/p-1/t12-,16-,17+,18+,19?;/m0./s1. The minimum atomic E-state index is -1.09. The Bertz CT molecular complexity index is 618. The van der Waals surface area contributed by atoms with Crippen LogP contribution in [0.1, 0.15) is 27.7 Å². The average Bonchev–Trinajstić information content (AvgIpc) is 2.53. The van der Waals surface area contributed by atoms with Crippen molar-refractivity contribution in [3.63, 3.8) is 0 Å². The van der Waals surface area contributed by atoms with E-state index >= 15 is 0 Å². The predicted octanol–water partition coefficient (Wildman–Crippen LogP) is -2.74. The third-order valence-electron chi connectivity index (χ3n) is 4.13. The molecule has 0 aromatic rings. The van der Waals surface area contributed by atoms with Gasteiger partial charge >= 0.3 is 17.9 Å². The molecule has 0 bridgehead atoms. The molecule has 1 aliphatic heterocycles. The van der Waals surface area contributed by atoms with Crippen molar-refractivity contribution in [2.75, 3.05) is 33.8 Å². The van der Waals surface area contributed by atoms with Crippen LogP contribution in [-0.2, 0) is 38.1 Å². The summed E-state index contributed by atoms with van der Waals surface area (Å²) in [5.41, 5.74) is 0. The number of carbonyl (C=O) groups excluding carboxylic acids is 3. The molecule has 0 aromatic heterocycles. The quantitative estimate of drug-likeness (QED) is 0.160. The van der Waals surface area contributed by atoms with E-state index in [9.17, 15) is 14.4 Å². The first-order valence-corrected chi connectivity index (χ1v) is 9.01. The van der Waals surface area contributed by atoms with Crippen LogP contribution in [0.2, 0.25) is 0 Å². The van der Waals surface area contributed by atoms with Crippen molar-refractivity contribution in [3.8, 4) is 12.3 Å². The van der Waals surface area contributed by atoms with Crippen molar-refractivity contribution in [2.24, 2.45) is 0 Å². The lowest BCUT2D eigenvalue weighted by Gasteiger charge is -2.43. The summed E-state index contributed by atoms with van der Waals surface area (Å²) < 4.78 is 28.0. The van der Waals surface area contributed by atoms with E-state index in [-0.39, 0.29) is 23.6 Å². The average molecular weight is 480 g/mol. The van der Waals surface area contributed by atoms with Gasteiger partial charge in [0.15, 0.2) is 24.6 Å². The molecule has 1 unspecified atom stereocenters. The van der Waals surface area contributed by atoms with E-state index in [2.05, 4.69) is 5.92 Å². The van der Waals surface area contributed by atoms with Gasteiger partial charge in [-0.1, -0.05) is 0 Å². The topological polar surface area (TPSA) is 97.4 Å². The van der Waals surface area contributed by atoms with Gasteiger partial charge in [-0.15, -0.1) is 6.42 Å². The lowest BCUT2D eigenvalue weighted by molar-refractivity contribution is -0.883. The second kappa shape index (κ2) is 12.1. The lowest BCUT2D eigenvalue weighted by Crippen LogP contribution is -3.00. The number of terminal acetylenes is 1. The number of carbonyl (C=O) groups is 3. The van der Waals surface area contributed by atoms with Gasteiger partial charge in [0, 0.05) is 20.8 Å². The van der Waals surface area contributed by atoms with E-state index in [0.29, 0.717) is 17.6 Å². The van der Waals surface area contributed by atoms with Gasteiger partial charge in [-0.2, -0.15) is 0 Å². The Morgan fingerprint density at radius 3 is 1.93 bits per heavy atom. The maximum Gasteiger partial charge on any atom is 0.303 e. The Morgan fingerprint density at radius 2 is 1.45 bits per heavy atom. The number of ether oxygens (including phenoxy) is 5. The number of likely N-dealkylation sites (N-methyl/N-ethyl adjacent to an activating group) is 1. The number of hydrogen-bond acceptors (Lipinski definition) is 8. The summed E-state index contributed by atoms with van der Waals surface area (Å²) in [6.45, 7) is 6.67. The number of quaternary nitrogens is 1. The number of hydrogen-bond donors (Lipinski definition) is 0. The Labute approximate surface area is 182 Å². The number of rotatable bonds is 8. The van der Waals surface area contributed by atoms with Crippen LogP contribution in [0, 0.1) is 12.3 Å². The first-order valence-electron chi connectivity index (χ1n) is 9.01. The summed E-state index contributed by atoms with van der Waals surface area (Å²) in [7, 11) is 3.91. The van der Waals surface area contributed by atoms with E-state index in [1.807, 2.05) is 14.1 Å². The third kappa shape index (κ3) is 9.12. The van der Waals surface area contributed by atoms with Gasteiger partial charge in [0.1, 0.15) is 13.1 Å². The zero-order valence-corrected chi connectivity index (χ0v) is 19.3. The van der Waals surface area contributed by atoms with Crippen molar-refractivity contribution in [1.29, 1.82) is 0 Å². The molecule has 0 radical (unpaired) electrons. The molecule has 0 N–H and O–H groups in total. The number of esters is 3. The van der Waals surface area contributed by atoms with Gasteiger partial charge in [-0.05, 0) is 12.8 Å². The molecule has 5 atom stereocenters. The predicted molar refractivity (Wildman–Crippen MR) is 97.6 cm³/mol. The fourth-order valence-electron chi connectivity index (χ4n) is 2.85. The van der Waals surface area contributed by atoms with E-state index in [1.54, 1.807) is 6.92 Å². The van der Waals surface area contributed by atoms with E-state index < -0.39 is 48.6 Å². The fraction of sp³-hybridized carbons (Fsp3) is 0.737. The smallest absolute Gasteiger partial charge is 0.303 e. The zero-order valence-electron chi connectivity index (χ0n) is 17.7. The van der Waals surface area contributed by atoms with Crippen LogP contribution < -0.4 is 17.0 Å². The molecule has 1 aliphatic rings. The summed E-state index contributed by atoms with van der Waals surface area (Å²) in [5.74, 6) is 0.800. The Balaban J connectivity index is 0.00000784. The van der Waals surface area contributed by atoms with E-state index in [0.717, 1.165) is 0 Å². The normalized spacial score (nSPS) is 26.4.